The van der Waals surface area contributed by atoms with Crippen LogP contribution >= 0.6 is 0 Å². The van der Waals surface area contributed by atoms with Gasteiger partial charge in [-0.1, -0.05) is 0 Å². The van der Waals surface area contributed by atoms with Crippen molar-refractivity contribution in [2.45, 2.75) is 38.8 Å². The number of nitrogens with one attached hydrogen (secondary N) is 2. The van der Waals surface area contributed by atoms with Crippen molar-refractivity contribution in [2.24, 2.45) is 11.8 Å². The van der Waals surface area contributed by atoms with E-state index in [-0.39, 0.29) is 11.9 Å². The van der Waals surface area contributed by atoms with Gasteiger partial charge < -0.3 is 15.7 Å². The van der Waals surface area contributed by atoms with Crippen LogP contribution in [0.1, 0.15) is 34.7 Å². The summed E-state index contributed by atoms with van der Waals surface area (Å²) >= 11 is 0. The zero-order chi connectivity index (χ0) is 16.8. The van der Waals surface area contributed by atoms with Gasteiger partial charge in [0.05, 0.1) is 12.1 Å². The van der Waals surface area contributed by atoms with Crippen LogP contribution in [0.3, 0.4) is 0 Å². The Morgan fingerprint density at radius 1 is 1.29 bits per heavy atom. The van der Waals surface area contributed by atoms with E-state index in [0.717, 1.165) is 37.3 Å². The van der Waals surface area contributed by atoms with Gasteiger partial charge in [0.2, 0.25) is 0 Å². The number of amides is 1. The van der Waals surface area contributed by atoms with E-state index in [4.69, 9.17) is 0 Å². The first-order chi connectivity index (χ1) is 11.5. The largest absolute Gasteiger partial charge is 0.391 e. The number of carbonyl (C=O) groups excluding carboxylic acids is 1. The van der Waals surface area contributed by atoms with Crippen LogP contribution in [0.15, 0.2) is 12.1 Å². The fraction of sp³-hybridized carbons (Fsp3) is 0.588. The second-order valence-electron chi connectivity index (χ2n) is 7.14. The molecule has 0 unspecified atom stereocenters. The summed E-state index contributed by atoms with van der Waals surface area (Å²) in [4.78, 5) is 17.0. The number of aryl methyl sites for hydroxylation is 2. The lowest BCUT2D eigenvalue weighted by atomic mass is 9.77. The normalized spacial score (nSPS) is 29.6. The van der Waals surface area contributed by atoms with Gasteiger partial charge in [-0.15, -0.1) is 0 Å². The molecule has 1 amide bonds. The number of hydrogen-bond acceptors (Lipinski definition) is 5. The molecule has 2 aromatic heterocycles. The van der Waals surface area contributed by atoms with Gasteiger partial charge in [-0.2, -0.15) is 5.10 Å². The van der Waals surface area contributed by atoms with Gasteiger partial charge in [-0.25, -0.2) is 9.50 Å². The monoisotopic (exact) mass is 329 g/mol. The molecular weight excluding hydrogens is 306 g/mol. The van der Waals surface area contributed by atoms with Crippen LogP contribution in [0.5, 0.6) is 0 Å². The van der Waals surface area contributed by atoms with E-state index < -0.39 is 6.10 Å². The molecule has 24 heavy (non-hydrogen) atoms. The van der Waals surface area contributed by atoms with E-state index in [1.165, 1.54) is 0 Å². The third-order valence-corrected chi connectivity index (χ3v) is 5.33. The van der Waals surface area contributed by atoms with Crippen molar-refractivity contribution in [3.63, 3.8) is 0 Å². The zero-order valence-electron chi connectivity index (χ0n) is 14.0. The second-order valence-corrected chi connectivity index (χ2v) is 7.14. The van der Waals surface area contributed by atoms with Crippen molar-refractivity contribution in [1.82, 2.24) is 25.2 Å². The summed E-state index contributed by atoms with van der Waals surface area (Å²) in [6.45, 7) is 5.80. The molecule has 4 atom stereocenters. The van der Waals surface area contributed by atoms with Crippen molar-refractivity contribution < 1.29 is 9.90 Å². The van der Waals surface area contributed by atoms with Crippen LogP contribution in [-0.2, 0) is 0 Å². The molecule has 2 aliphatic rings. The van der Waals surface area contributed by atoms with Crippen molar-refractivity contribution in [3.8, 4) is 0 Å². The number of rotatable bonds is 2. The molecule has 0 radical (unpaired) electrons. The first-order valence-electron chi connectivity index (χ1n) is 8.55. The lowest BCUT2D eigenvalue weighted by Crippen LogP contribution is -2.49. The summed E-state index contributed by atoms with van der Waals surface area (Å²) in [7, 11) is 0. The molecule has 3 heterocycles. The molecule has 7 heteroatoms. The maximum atomic E-state index is 12.6. The fourth-order valence-electron chi connectivity index (χ4n) is 4.09. The highest BCUT2D eigenvalue weighted by Crippen LogP contribution is 2.33. The summed E-state index contributed by atoms with van der Waals surface area (Å²) in [5.41, 5.74) is 2.85. The highest BCUT2D eigenvalue weighted by atomic mass is 16.3. The quantitative estimate of drug-likeness (QED) is 0.743. The lowest BCUT2D eigenvalue weighted by Gasteiger charge is -2.35. The molecule has 1 aliphatic carbocycles. The van der Waals surface area contributed by atoms with Gasteiger partial charge in [0, 0.05) is 17.5 Å². The molecule has 3 N–H and O–H groups in total. The highest BCUT2D eigenvalue weighted by Gasteiger charge is 2.39. The Bertz CT molecular complexity index is 787. The predicted molar refractivity (Wildman–Crippen MR) is 88.8 cm³/mol. The molecule has 0 spiro atoms. The van der Waals surface area contributed by atoms with Crippen LogP contribution in [0.4, 0.5) is 0 Å². The summed E-state index contributed by atoms with van der Waals surface area (Å²) in [5, 5.41) is 21.1. The summed E-state index contributed by atoms with van der Waals surface area (Å²) < 4.78 is 1.68. The average molecular weight is 329 g/mol. The maximum absolute atomic E-state index is 12.6. The van der Waals surface area contributed by atoms with Crippen molar-refractivity contribution >= 4 is 11.6 Å². The van der Waals surface area contributed by atoms with Gasteiger partial charge in [0.25, 0.3) is 5.91 Å². The van der Waals surface area contributed by atoms with E-state index in [9.17, 15) is 9.90 Å². The molecule has 7 nitrogen and oxygen atoms in total. The van der Waals surface area contributed by atoms with Gasteiger partial charge in [-0.3, -0.25) is 4.79 Å². The smallest absolute Gasteiger partial charge is 0.272 e. The Morgan fingerprint density at radius 3 is 2.83 bits per heavy atom. The molecule has 4 rings (SSSR count). The first kappa shape index (κ1) is 15.5. The Balaban J connectivity index is 1.52. The number of fused-ring (bicyclic) bond motifs is 2. The highest BCUT2D eigenvalue weighted by molar-refractivity contribution is 5.93. The standard InChI is InChI=1S/C17H23N5O2/c1-9-3-10(2)22-16(19-9)6-14(21-22)17(24)20-13-4-11-7-18-8-12(11)5-15(13)23/h3,6,11-13,15,18,23H,4-5,7-8H2,1-2H3,(H,20,24)/t11-,12+,13-,15-/m0/s1. The Morgan fingerprint density at radius 2 is 2.04 bits per heavy atom. The summed E-state index contributed by atoms with van der Waals surface area (Å²) in [5.74, 6) is 0.815. The van der Waals surface area contributed by atoms with Gasteiger partial charge in [-0.05, 0) is 57.7 Å². The lowest BCUT2D eigenvalue weighted by molar-refractivity contribution is 0.0460. The molecule has 0 aromatic carbocycles. The van der Waals surface area contributed by atoms with Crippen LogP contribution in [0.2, 0.25) is 0 Å². The van der Waals surface area contributed by atoms with E-state index in [1.54, 1.807) is 10.6 Å². The fourth-order valence-corrected chi connectivity index (χ4v) is 4.09. The number of nitrogens with zero attached hydrogens (tertiary/aromatic N) is 3. The van der Waals surface area contributed by atoms with E-state index in [0.29, 0.717) is 23.2 Å². The van der Waals surface area contributed by atoms with E-state index in [1.807, 2.05) is 19.9 Å². The van der Waals surface area contributed by atoms with Crippen LogP contribution in [0.25, 0.3) is 5.65 Å². The third kappa shape index (κ3) is 2.67. The topological polar surface area (TPSA) is 91.6 Å². The summed E-state index contributed by atoms with van der Waals surface area (Å²) in [6.07, 6.45) is 1.07. The average Bonchev–Trinajstić information content (AvgIpc) is 3.13. The predicted octanol–water partition coefficient (Wildman–Crippen LogP) is 0.435. The minimum Gasteiger partial charge on any atom is -0.391 e. The molecule has 0 bridgehead atoms. The maximum Gasteiger partial charge on any atom is 0.272 e. The van der Waals surface area contributed by atoms with Gasteiger partial charge in [0.1, 0.15) is 0 Å². The number of aromatic nitrogens is 3. The number of aliphatic hydroxyl groups excluding tert-OH is 1. The molecule has 1 saturated heterocycles. The Labute approximate surface area is 140 Å². The minimum atomic E-state index is -0.491. The number of carbonyl (C=O) groups is 1. The number of aliphatic hydroxyl groups is 1. The summed E-state index contributed by atoms with van der Waals surface area (Å²) in [6, 6.07) is 3.42. The molecule has 1 aliphatic heterocycles. The number of hydrogen-bond donors (Lipinski definition) is 3. The van der Waals surface area contributed by atoms with Crippen LogP contribution in [0, 0.1) is 25.7 Å². The van der Waals surface area contributed by atoms with Crippen molar-refractivity contribution in [3.05, 3.63) is 29.2 Å². The first-order valence-corrected chi connectivity index (χ1v) is 8.55. The molecule has 2 aromatic rings. The third-order valence-electron chi connectivity index (χ3n) is 5.33. The molecular formula is C17H23N5O2. The zero-order valence-corrected chi connectivity index (χ0v) is 14.0. The Hall–Kier alpha value is -1.99. The van der Waals surface area contributed by atoms with Gasteiger partial charge >= 0.3 is 0 Å². The van der Waals surface area contributed by atoms with Crippen LogP contribution in [-0.4, -0.2) is 50.8 Å². The second kappa shape index (κ2) is 5.82. The molecule has 2 fully saturated rings. The Kier molecular flexibility index (Phi) is 3.77. The van der Waals surface area contributed by atoms with Crippen LogP contribution < -0.4 is 10.6 Å². The van der Waals surface area contributed by atoms with Crippen molar-refractivity contribution in [2.75, 3.05) is 13.1 Å². The van der Waals surface area contributed by atoms with E-state index >= 15 is 0 Å². The molecule has 128 valence electrons. The molecule has 1 saturated carbocycles. The SMILES string of the molecule is Cc1cc(C)n2nc(C(=O)N[C@H]3C[C@H]4CNC[C@H]4C[C@@H]3O)cc2n1. The van der Waals surface area contributed by atoms with Gasteiger partial charge in [0.15, 0.2) is 11.3 Å². The van der Waals surface area contributed by atoms with Crippen molar-refractivity contribution in [1.29, 1.82) is 0 Å². The minimum absolute atomic E-state index is 0.209. The van der Waals surface area contributed by atoms with E-state index in [2.05, 4.69) is 20.7 Å².